The maximum absolute atomic E-state index is 12.4. The molecule has 0 saturated heterocycles. The lowest BCUT2D eigenvalue weighted by molar-refractivity contribution is -0.137. The minimum absolute atomic E-state index is 0. The Labute approximate surface area is 145 Å². The van der Waals surface area contributed by atoms with Crippen LogP contribution in [-0.2, 0) is 14.3 Å². The molecule has 2 amide bonds. The van der Waals surface area contributed by atoms with E-state index in [1.165, 1.54) is 11.3 Å². The number of carbonyl (C=O) groups is 2. The van der Waals surface area contributed by atoms with Crippen LogP contribution in [0.3, 0.4) is 0 Å². The highest BCUT2D eigenvalue weighted by Gasteiger charge is 2.34. The van der Waals surface area contributed by atoms with E-state index in [0.717, 1.165) is 32.1 Å². The molecular formula is C16H32ClN3O3. The fourth-order valence-corrected chi connectivity index (χ4v) is 3.01. The molecule has 0 heterocycles. The van der Waals surface area contributed by atoms with Gasteiger partial charge in [-0.2, -0.15) is 0 Å². The van der Waals surface area contributed by atoms with Gasteiger partial charge >= 0.3 is 0 Å². The van der Waals surface area contributed by atoms with Gasteiger partial charge in [-0.3, -0.25) is 9.59 Å². The number of carbonyl (C=O) groups excluding carboxylic acids is 2. The molecule has 0 aromatic carbocycles. The van der Waals surface area contributed by atoms with Crippen molar-refractivity contribution in [1.82, 2.24) is 10.2 Å². The van der Waals surface area contributed by atoms with E-state index in [2.05, 4.69) is 5.32 Å². The summed E-state index contributed by atoms with van der Waals surface area (Å²) >= 11 is 0. The van der Waals surface area contributed by atoms with Gasteiger partial charge in [0.05, 0.1) is 6.54 Å². The quantitative estimate of drug-likeness (QED) is 0.615. The van der Waals surface area contributed by atoms with Gasteiger partial charge < -0.3 is 20.7 Å². The first kappa shape index (κ1) is 22.1. The Bertz CT molecular complexity index is 360. The molecule has 1 rings (SSSR count). The number of likely N-dealkylation sites (N-methyl/N-ethyl adjacent to an activating group) is 1. The Morgan fingerprint density at radius 2 is 1.91 bits per heavy atom. The molecule has 3 N–H and O–H groups in total. The van der Waals surface area contributed by atoms with Crippen LogP contribution in [0.15, 0.2) is 0 Å². The third-order valence-corrected chi connectivity index (χ3v) is 4.53. The summed E-state index contributed by atoms with van der Waals surface area (Å²) in [5.41, 5.74) is 5.86. The Morgan fingerprint density at radius 1 is 1.26 bits per heavy atom. The Balaban J connectivity index is 0.00000484. The Hall–Kier alpha value is -0.850. The number of nitrogens with zero attached hydrogens (tertiary/aromatic N) is 1. The summed E-state index contributed by atoms with van der Waals surface area (Å²) < 4.78 is 4.92. The number of hydrogen-bond donors (Lipinski definition) is 2. The maximum atomic E-state index is 12.4. The summed E-state index contributed by atoms with van der Waals surface area (Å²) in [6.45, 7) is 1.85. The van der Waals surface area contributed by atoms with E-state index in [9.17, 15) is 9.59 Å². The molecule has 0 bridgehead atoms. The van der Waals surface area contributed by atoms with Gasteiger partial charge in [-0.05, 0) is 31.2 Å². The predicted molar refractivity (Wildman–Crippen MR) is 93.6 cm³/mol. The molecule has 0 unspecified atom stereocenters. The van der Waals surface area contributed by atoms with Crippen molar-refractivity contribution in [2.24, 2.45) is 11.1 Å². The second kappa shape index (κ2) is 11.6. The van der Waals surface area contributed by atoms with Crippen LogP contribution in [0.4, 0.5) is 0 Å². The minimum atomic E-state index is -0.127. The molecule has 1 fully saturated rings. The van der Waals surface area contributed by atoms with Crippen LogP contribution >= 0.6 is 12.4 Å². The lowest BCUT2D eigenvalue weighted by Crippen LogP contribution is -2.43. The van der Waals surface area contributed by atoms with Gasteiger partial charge in [0.15, 0.2) is 0 Å². The van der Waals surface area contributed by atoms with Gasteiger partial charge in [-0.15, -0.1) is 12.4 Å². The lowest BCUT2D eigenvalue weighted by Gasteiger charge is -2.36. The fourth-order valence-electron chi connectivity index (χ4n) is 3.01. The highest BCUT2D eigenvalue weighted by Crippen LogP contribution is 2.38. The van der Waals surface area contributed by atoms with E-state index in [-0.39, 0.29) is 36.2 Å². The second-order valence-corrected chi connectivity index (χ2v) is 6.39. The van der Waals surface area contributed by atoms with Crippen molar-refractivity contribution in [3.8, 4) is 0 Å². The van der Waals surface area contributed by atoms with E-state index in [0.29, 0.717) is 26.1 Å². The smallest absolute Gasteiger partial charge is 0.239 e. The molecule has 23 heavy (non-hydrogen) atoms. The molecule has 0 aromatic heterocycles. The zero-order valence-electron chi connectivity index (χ0n) is 14.4. The monoisotopic (exact) mass is 349 g/mol. The first-order chi connectivity index (χ1) is 10.5. The van der Waals surface area contributed by atoms with Crippen LogP contribution in [0.5, 0.6) is 0 Å². The lowest BCUT2D eigenvalue weighted by atomic mass is 9.71. The van der Waals surface area contributed by atoms with E-state index >= 15 is 0 Å². The fraction of sp³-hybridized carbons (Fsp3) is 0.875. The minimum Gasteiger partial charge on any atom is -0.385 e. The number of methoxy groups -OCH3 is 1. The van der Waals surface area contributed by atoms with Crippen LogP contribution in [0.2, 0.25) is 0 Å². The number of halogens is 1. The second-order valence-electron chi connectivity index (χ2n) is 6.39. The van der Waals surface area contributed by atoms with Crippen molar-refractivity contribution >= 4 is 24.2 Å². The average Bonchev–Trinajstić information content (AvgIpc) is 2.52. The number of ether oxygens (including phenoxy) is 1. The molecular weight excluding hydrogens is 318 g/mol. The molecule has 0 aliphatic heterocycles. The summed E-state index contributed by atoms with van der Waals surface area (Å²) in [6.07, 6.45) is 6.80. The summed E-state index contributed by atoms with van der Waals surface area (Å²) in [5.74, 6) is -0.114. The van der Waals surface area contributed by atoms with Gasteiger partial charge in [0.25, 0.3) is 0 Å². The van der Waals surface area contributed by atoms with Gasteiger partial charge in [0.2, 0.25) is 11.8 Å². The molecule has 1 aliphatic rings. The van der Waals surface area contributed by atoms with E-state index in [1.54, 1.807) is 14.2 Å². The van der Waals surface area contributed by atoms with Gasteiger partial charge in [0.1, 0.15) is 0 Å². The van der Waals surface area contributed by atoms with E-state index in [4.69, 9.17) is 10.5 Å². The standard InChI is InChI=1S/C16H31N3O3.ClH/c1-19(12-14(20)18-9-6-10-22-2)15(21)11-16(13-17)7-4-3-5-8-16;/h3-13,17H2,1-2H3,(H,18,20);1H. The maximum Gasteiger partial charge on any atom is 0.239 e. The molecule has 0 radical (unpaired) electrons. The van der Waals surface area contributed by atoms with Crippen molar-refractivity contribution < 1.29 is 14.3 Å². The molecule has 7 heteroatoms. The Morgan fingerprint density at radius 3 is 2.48 bits per heavy atom. The molecule has 0 atom stereocenters. The highest BCUT2D eigenvalue weighted by molar-refractivity contribution is 5.85. The topological polar surface area (TPSA) is 84.7 Å². The van der Waals surface area contributed by atoms with Gasteiger partial charge in [-0.1, -0.05) is 19.3 Å². The van der Waals surface area contributed by atoms with Crippen molar-refractivity contribution in [2.75, 3.05) is 40.4 Å². The average molecular weight is 350 g/mol. The number of nitrogens with one attached hydrogen (secondary N) is 1. The van der Waals surface area contributed by atoms with Crippen LogP contribution in [0.25, 0.3) is 0 Å². The molecule has 0 spiro atoms. The number of amides is 2. The van der Waals surface area contributed by atoms with Crippen molar-refractivity contribution in [1.29, 1.82) is 0 Å². The van der Waals surface area contributed by atoms with Crippen molar-refractivity contribution in [3.05, 3.63) is 0 Å². The van der Waals surface area contributed by atoms with E-state index in [1.807, 2.05) is 0 Å². The molecule has 1 saturated carbocycles. The summed E-state index contributed by atoms with van der Waals surface area (Å²) in [7, 11) is 3.32. The third kappa shape index (κ3) is 7.99. The normalized spacial score (nSPS) is 16.3. The van der Waals surface area contributed by atoms with Crippen molar-refractivity contribution in [3.63, 3.8) is 0 Å². The molecule has 0 aromatic rings. The molecule has 1 aliphatic carbocycles. The first-order valence-corrected chi connectivity index (χ1v) is 8.23. The summed E-state index contributed by atoms with van der Waals surface area (Å²) in [5, 5.41) is 2.79. The number of nitrogens with two attached hydrogens (primary N) is 1. The van der Waals surface area contributed by atoms with Gasteiger partial charge in [-0.25, -0.2) is 0 Å². The van der Waals surface area contributed by atoms with E-state index < -0.39 is 0 Å². The van der Waals surface area contributed by atoms with Crippen LogP contribution in [0.1, 0.15) is 44.9 Å². The largest absolute Gasteiger partial charge is 0.385 e. The third-order valence-electron chi connectivity index (χ3n) is 4.53. The predicted octanol–water partition coefficient (Wildman–Crippen LogP) is 1.32. The summed E-state index contributed by atoms with van der Waals surface area (Å²) in [4.78, 5) is 25.7. The van der Waals surface area contributed by atoms with Gasteiger partial charge in [0, 0.05) is 33.7 Å². The SMILES string of the molecule is COCCCNC(=O)CN(C)C(=O)CC1(CN)CCCCC1.Cl. The zero-order valence-corrected chi connectivity index (χ0v) is 15.3. The van der Waals surface area contributed by atoms with Crippen LogP contribution < -0.4 is 11.1 Å². The molecule has 136 valence electrons. The zero-order chi connectivity index (χ0) is 16.4. The Kier molecular flexibility index (Phi) is 11.2. The van der Waals surface area contributed by atoms with Crippen LogP contribution in [-0.4, -0.2) is 57.1 Å². The summed E-state index contributed by atoms with van der Waals surface area (Å²) in [6, 6.07) is 0. The van der Waals surface area contributed by atoms with Crippen molar-refractivity contribution in [2.45, 2.75) is 44.9 Å². The first-order valence-electron chi connectivity index (χ1n) is 8.23. The highest BCUT2D eigenvalue weighted by atomic mass is 35.5. The molecule has 6 nitrogen and oxygen atoms in total. The number of hydrogen-bond acceptors (Lipinski definition) is 4. The number of rotatable bonds is 9. The van der Waals surface area contributed by atoms with Crippen LogP contribution in [0, 0.1) is 5.41 Å².